The molecular formula is C16H15FN4O4S. The molecule has 26 heavy (non-hydrogen) atoms. The number of rotatable bonds is 6. The van der Waals surface area contributed by atoms with Gasteiger partial charge in [-0.25, -0.2) is 4.39 Å². The third-order valence-electron chi connectivity index (χ3n) is 3.26. The highest BCUT2D eigenvalue weighted by Gasteiger charge is 2.17. The molecule has 8 nitrogen and oxygen atoms in total. The fourth-order valence-corrected chi connectivity index (χ4v) is 2.11. The maximum atomic E-state index is 12.8. The quantitative estimate of drug-likeness (QED) is 0.307. The first kappa shape index (κ1) is 19.1. The third kappa shape index (κ3) is 5.11. The van der Waals surface area contributed by atoms with Gasteiger partial charge in [-0.2, -0.15) is 5.10 Å². The number of nitrogens with one attached hydrogen (secondary N) is 2. The summed E-state index contributed by atoms with van der Waals surface area (Å²) in [4.78, 5) is 10.4. The Morgan fingerprint density at radius 1 is 1.42 bits per heavy atom. The highest BCUT2D eigenvalue weighted by Crippen LogP contribution is 2.32. The zero-order valence-electron chi connectivity index (χ0n) is 13.6. The van der Waals surface area contributed by atoms with Crippen molar-refractivity contribution < 1.29 is 19.2 Å². The van der Waals surface area contributed by atoms with Crippen LogP contribution in [0.4, 0.5) is 10.1 Å². The molecule has 0 saturated carbocycles. The van der Waals surface area contributed by atoms with Crippen molar-refractivity contribution in [1.82, 2.24) is 10.7 Å². The normalized spacial score (nSPS) is 10.5. The zero-order chi connectivity index (χ0) is 19.1. The molecule has 0 saturated heterocycles. The van der Waals surface area contributed by atoms with E-state index in [9.17, 15) is 19.6 Å². The van der Waals surface area contributed by atoms with Crippen LogP contribution in [-0.2, 0) is 6.54 Å². The van der Waals surface area contributed by atoms with Gasteiger partial charge < -0.3 is 15.2 Å². The minimum atomic E-state index is -0.647. The third-order valence-corrected chi connectivity index (χ3v) is 3.50. The van der Waals surface area contributed by atoms with Crippen LogP contribution in [0.25, 0.3) is 0 Å². The molecule has 0 aliphatic heterocycles. The molecule has 136 valence electrons. The summed E-state index contributed by atoms with van der Waals surface area (Å²) in [5, 5.41) is 27.6. The van der Waals surface area contributed by atoms with E-state index in [-0.39, 0.29) is 33.7 Å². The molecule has 0 spiro atoms. The fourth-order valence-electron chi connectivity index (χ4n) is 1.98. The zero-order valence-corrected chi connectivity index (χ0v) is 14.4. The van der Waals surface area contributed by atoms with Crippen LogP contribution in [0, 0.1) is 15.9 Å². The van der Waals surface area contributed by atoms with Crippen LogP contribution in [0.3, 0.4) is 0 Å². The number of phenolic OH excluding ortho intramolecular Hbond substituents is 1. The summed E-state index contributed by atoms with van der Waals surface area (Å²) in [5.41, 5.74) is 3.13. The summed E-state index contributed by atoms with van der Waals surface area (Å²) in [7, 11) is 1.33. The first-order valence-corrected chi connectivity index (χ1v) is 7.68. The number of ether oxygens (including phenoxy) is 1. The van der Waals surface area contributed by atoms with Gasteiger partial charge in [0, 0.05) is 6.54 Å². The van der Waals surface area contributed by atoms with Crippen molar-refractivity contribution in [3.8, 4) is 11.5 Å². The Morgan fingerprint density at radius 3 is 2.73 bits per heavy atom. The second-order valence-electron chi connectivity index (χ2n) is 5.02. The number of hydrazone groups is 1. The lowest BCUT2D eigenvalue weighted by Crippen LogP contribution is -2.31. The molecule has 10 heteroatoms. The minimum Gasteiger partial charge on any atom is -0.504 e. The van der Waals surface area contributed by atoms with Crippen molar-refractivity contribution in [2.45, 2.75) is 6.54 Å². The summed E-state index contributed by atoms with van der Waals surface area (Å²) in [6, 6.07) is 8.16. The SMILES string of the molecule is COc1cc(/C=N/NC(=S)NCc2ccc(F)cc2)c([N+](=O)[O-])cc1O. The summed E-state index contributed by atoms with van der Waals surface area (Å²) >= 11 is 5.04. The number of nitro groups is 1. The molecule has 0 radical (unpaired) electrons. The average molecular weight is 378 g/mol. The van der Waals surface area contributed by atoms with Gasteiger partial charge in [-0.05, 0) is 36.0 Å². The Morgan fingerprint density at radius 2 is 2.12 bits per heavy atom. The number of hydrogen-bond donors (Lipinski definition) is 3. The number of benzene rings is 2. The van der Waals surface area contributed by atoms with Crippen LogP contribution in [0.2, 0.25) is 0 Å². The molecule has 0 heterocycles. The van der Waals surface area contributed by atoms with E-state index in [4.69, 9.17) is 17.0 Å². The first-order valence-electron chi connectivity index (χ1n) is 7.27. The maximum Gasteiger partial charge on any atom is 0.282 e. The lowest BCUT2D eigenvalue weighted by molar-refractivity contribution is -0.385. The molecule has 0 aliphatic carbocycles. The van der Waals surface area contributed by atoms with Gasteiger partial charge in [0.25, 0.3) is 5.69 Å². The van der Waals surface area contributed by atoms with E-state index in [1.54, 1.807) is 12.1 Å². The molecule has 0 unspecified atom stereocenters. The number of halogens is 1. The predicted molar refractivity (Wildman–Crippen MR) is 97.9 cm³/mol. The van der Waals surface area contributed by atoms with E-state index in [1.165, 1.54) is 31.5 Å². The van der Waals surface area contributed by atoms with Gasteiger partial charge in [0.15, 0.2) is 16.6 Å². The van der Waals surface area contributed by atoms with Crippen molar-refractivity contribution in [2.24, 2.45) is 5.10 Å². The van der Waals surface area contributed by atoms with E-state index < -0.39 is 4.92 Å². The van der Waals surface area contributed by atoms with Crippen molar-refractivity contribution in [3.63, 3.8) is 0 Å². The van der Waals surface area contributed by atoms with Crippen LogP contribution in [0.15, 0.2) is 41.5 Å². The molecule has 0 aromatic heterocycles. The number of methoxy groups -OCH3 is 1. The highest BCUT2D eigenvalue weighted by atomic mass is 32.1. The van der Waals surface area contributed by atoms with Crippen molar-refractivity contribution >= 4 is 29.2 Å². The van der Waals surface area contributed by atoms with E-state index in [0.29, 0.717) is 6.54 Å². The van der Waals surface area contributed by atoms with Gasteiger partial charge in [0.1, 0.15) is 5.82 Å². The number of hydrogen-bond acceptors (Lipinski definition) is 6. The predicted octanol–water partition coefficient (Wildman–Crippen LogP) is 2.45. The number of thiocarbonyl (C=S) groups is 1. The molecule has 2 rings (SSSR count). The number of nitro benzene ring substituents is 1. The summed E-state index contributed by atoms with van der Waals surface area (Å²) in [6.45, 7) is 0.356. The van der Waals surface area contributed by atoms with E-state index >= 15 is 0 Å². The molecule has 0 fully saturated rings. The van der Waals surface area contributed by atoms with Crippen LogP contribution >= 0.6 is 12.2 Å². The molecule has 2 aromatic carbocycles. The van der Waals surface area contributed by atoms with Crippen LogP contribution in [-0.4, -0.2) is 28.5 Å². The molecule has 0 bridgehead atoms. The van der Waals surface area contributed by atoms with Crippen molar-refractivity contribution in [3.05, 3.63) is 63.5 Å². The molecule has 2 aromatic rings. The van der Waals surface area contributed by atoms with Gasteiger partial charge in [-0.3, -0.25) is 15.5 Å². The van der Waals surface area contributed by atoms with Crippen molar-refractivity contribution in [2.75, 3.05) is 7.11 Å². The summed E-state index contributed by atoms with van der Waals surface area (Å²) < 4.78 is 17.8. The Balaban J connectivity index is 1.99. The van der Waals surface area contributed by atoms with Crippen LogP contribution in [0.1, 0.15) is 11.1 Å². The van der Waals surface area contributed by atoms with Crippen LogP contribution in [0.5, 0.6) is 11.5 Å². The van der Waals surface area contributed by atoms with Gasteiger partial charge in [0.2, 0.25) is 0 Å². The maximum absolute atomic E-state index is 12.8. The molecular weight excluding hydrogens is 363 g/mol. The lowest BCUT2D eigenvalue weighted by Gasteiger charge is -2.07. The van der Waals surface area contributed by atoms with E-state index in [2.05, 4.69) is 15.8 Å². The standard InChI is InChI=1S/C16H15FN4O4S/c1-25-15-6-11(13(21(23)24)7-14(15)22)9-19-20-16(26)18-8-10-2-4-12(17)5-3-10/h2-7,9,22H,8H2,1H3,(H2,18,20,26)/b19-9+. The molecule has 3 N–H and O–H groups in total. The topological polar surface area (TPSA) is 109 Å². The van der Waals surface area contributed by atoms with Gasteiger partial charge >= 0.3 is 0 Å². The van der Waals surface area contributed by atoms with Crippen molar-refractivity contribution in [1.29, 1.82) is 0 Å². The average Bonchev–Trinajstić information content (AvgIpc) is 2.62. The highest BCUT2D eigenvalue weighted by molar-refractivity contribution is 7.80. The fraction of sp³-hybridized carbons (Fsp3) is 0.125. The Bertz CT molecular complexity index is 843. The Hall–Kier alpha value is -3.27. The first-order chi connectivity index (χ1) is 12.4. The molecule has 0 amide bonds. The Kier molecular flexibility index (Phi) is 6.39. The van der Waals surface area contributed by atoms with E-state index in [1.807, 2.05) is 0 Å². The number of phenols is 1. The van der Waals surface area contributed by atoms with Crippen LogP contribution < -0.4 is 15.5 Å². The largest absolute Gasteiger partial charge is 0.504 e. The minimum absolute atomic E-state index is 0.0778. The molecule has 0 atom stereocenters. The van der Waals surface area contributed by atoms with Gasteiger partial charge in [-0.1, -0.05) is 12.1 Å². The smallest absolute Gasteiger partial charge is 0.282 e. The second kappa shape index (κ2) is 8.72. The van der Waals surface area contributed by atoms with Gasteiger partial charge in [0.05, 0.1) is 29.9 Å². The molecule has 0 aliphatic rings. The van der Waals surface area contributed by atoms with E-state index in [0.717, 1.165) is 11.6 Å². The number of aromatic hydroxyl groups is 1. The second-order valence-corrected chi connectivity index (χ2v) is 5.43. The lowest BCUT2D eigenvalue weighted by atomic mass is 10.1. The monoisotopic (exact) mass is 378 g/mol. The Labute approximate surface area is 153 Å². The number of nitrogens with zero attached hydrogens (tertiary/aromatic N) is 2. The van der Waals surface area contributed by atoms with Gasteiger partial charge in [-0.15, -0.1) is 0 Å². The summed E-state index contributed by atoms with van der Waals surface area (Å²) in [5.74, 6) is -0.597. The summed E-state index contributed by atoms with van der Waals surface area (Å²) in [6.07, 6.45) is 1.19.